The van der Waals surface area contributed by atoms with Gasteiger partial charge in [0, 0.05) is 16.3 Å². The van der Waals surface area contributed by atoms with Gasteiger partial charge in [0.2, 0.25) is 0 Å². The first-order chi connectivity index (χ1) is 11.3. The van der Waals surface area contributed by atoms with Crippen LogP contribution in [0.25, 0.3) is 0 Å². The molecule has 0 fully saturated rings. The third-order valence-corrected chi connectivity index (χ3v) is 5.21. The van der Waals surface area contributed by atoms with Crippen molar-refractivity contribution in [2.24, 2.45) is 5.10 Å². The fourth-order valence-corrected chi connectivity index (χ4v) is 3.79. The van der Waals surface area contributed by atoms with Crippen LogP contribution in [0.1, 0.15) is 22.9 Å². The molecule has 0 radical (unpaired) electrons. The van der Waals surface area contributed by atoms with Gasteiger partial charge in [0.15, 0.2) is 0 Å². The number of rotatable bonds is 3. The molecule has 114 valence electrons. The maximum Gasteiger partial charge on any atom is 0.0923 e. The van der Waals surface area contributed by atoms with Crippen molar-refractivity contribution in [3.8, 4) is 0 Å². The number of para-hydroxylation sites is 1. The quantitative estimate of drug-likeness (QED) is 0.593. The number of nitrogens with zero attached hydrogens (tertiary/aromatic N) is 2. The van der Waals surface area contributed by atoms with Crippen molar-refractivity contribution < 1.29 is 0 Å². The van der Waals surface area contributed by atoms with Gasteiger partial charge in [0.05, 0.1) is 17.4 Å². The first-order valence-electron chi connectivity index (χ1n) is 7.52. The molecule has 3 aromatic rings. The molecule has 1 aliphatic rings. The average molecular weight is 339 g/mol. The van der Waals surface area contributed by atoms with Crippen molar-refractivity contribution in [1.29, 1.82) is 0 Å². The number of thiophene rings is 1. The molecular weight excluding hydrogens is 324 g/mol. The van der Waals surface area contributed by atoms with Gasteiger partial charge in [-0.3, -0.25) is 5.01 Å². The summed E-state index contributed by atoms with van der Waals surface area (Å²) in [5.74, 6) is 0. The molecule has 4 rings (SSSR count). The van der Waals surface area contributed by atoms with Crippen molar-refractivity contribution in [1.82, 2.24) is 0 Å². The molecular formula is C19H15ClN2S. The summed E-state index contributed by atoms with van der Waals surface area (Å²) >= 11 is 7.79. The van der Waals surface area contributed by atoms with E-state index in [0.717, 1.165) is 28.4 Å². The highest BCUT2D eigenvalue weighted by atomic mass is 35.5. The van der Waals surface area contributed by atoms with Gasteiger partial charge in [-0.15, -0.1) is 11.3 Å². The number of halogens is 1. The summed E-state index contributed by atoms with van der Waals surface area (Å²) in [6.45, 7) is 0. The largest absolute Gasteiger partial charge is 0.257 e. The Morgan fingerprint density at radius 1 is 0.957 bits per heavy atom. The summed E-state index contributed by atoms with van der Waals surface area (Å²) in [5.41, 5.74) is 3.35. The number of hydrazone groups is 1. The van der Waals surface area contributed by atoms with Crippen molar-refractivity contribution in [3.05, 3.63) is 87.6 Å². The van der Waals surface area contributed by atoms with Crippen LogP contribution in [0, 0.1) is 0 Å². The van der Waals surface area contributed by atoms with E-state index in [0.29, 0.717) is 0 Å². The third-order valence-electron chi connectivity index (χ3n) is 3.98. The molecule has 0 amide bonds. The number of anilines is 1. The predicted molar refractivity (Wildman–Crippen MR) is 98.6 cm³/mol. The van der Waals surface area contributed by atoms with Crippen LogP contribution in [-0.4, -0.2) is 5.71 Å². The second-order valence-electron chi connectivity index (χ2n) is 5.47. The number of hydrogen-bond donors (Lipinski definition) is 0. The Morgan fingerprint density at radius 2 is 1.74 bits per heavy atom. The van der Waals surface area contributed by atoms with Crippen molar-refractivity contribution >= 4 is 34.3 Å². The molecule has 1 aromatic heterocycles. The van der Waals surface area contributed by atoms with Gasteiger partial charge >= 0.3 is 0 Å². The first-order valence-corrected chi connectivity index (χ1v) is 8.78. The van der Waals surface area contributed by atoms with E-state index in [1.165, 1.54) is 4.88 Å². The van der Waals surface area contributed by atoms with Gasteiger partial charge in [-0.25, -0.2) is 0 Å². The van der Waals surface area contributed by atoms with Gasteiger partial charge in [0.25, 0.3) is 0 Å². The monoisotopic (exact) mass is 338 g/mol. The van der Waals surface area contributed by atoms with E-state index in [4.69, 9.17) is 16.7 Å². The van der Waals surface area contributed by atoms with Crippen LogP contribution in [0.2, 0.25) is 5.02 Å². The van der Waals surface area contributed by atoms with Gasteiger partial charge in [0.1, 0.15) is 0 Å². The Kier molecular flexibility index (Phi) is 3.90. The van der Waals surface area contributed by atoms with Crippen LogP contribution >= 0.6 is 22.9 Å². The van der Waals surface area contributed by atoms with E-state index in [1.54, 1.807) is 11.3 Å². The molecule has 2 heterocycles. The maximum absolute atomic E-state index is 6.00. The van der Waals surface area contributed by atoms with E-state index < -0.39 is 0 Å². The molecule has 0 saturated heterocycles. The van der Waals surface area contributed by atoms with Crippen LogP contribution in [0.15, 0.2) is 77.2 Å². The molecule has 0 unspecified atom stereocenters. The fourth-order valence-electron chi connectivity index (χ4n) is 2.85. The third kappa shape index (κ3) is 2.90. The SMILES string of the molecule is Clc1ccc(C2=NN(c3ccccc3)[C@H](c3cccs3)C2)cc1. The molecule has 0 aliphatic carbocycles. The molecule has 23 heavy (non-hydrogen) atoms. The molecule has 2 nitrogen and oxygen atoms in total. The minimum absolute atomic E-state index is 0.253. The number of hydrogen-bond acceptors (Lipinski definition) is 3. The standard InChI is InChI=1S/C19H15ClN2S/c20-15-10-8-14(9-11-15)17-13-18(19-7-4-12-23-19)22(21-17)16-5-2-1-3-6-16/h1-12,18H,13H2/t18-/m0/s1. The Labute approximate surface area is 144 Å². The summed E-state index contributed by atoms with van der Waals surface area (Å²) in [7, 11) is 0. The second kappa shape index (κ2) is 6.19. The topological polar surface area (TPSA) is 15.6 Å². The Balaban J connectivity index is 1.73. The highest BCUT2D eigenvalue weighted by Crippen LogP contribution is 2.38. The van der Waals surface area contributed by atoms with E-state index in [-0.39, 0.29) is 6.04 Å². The zero-order valence-electron chi connectivity index (χ0n) is 12.4. The predicted octanol–water partition coefficient (Wildman–Crippen LogP) is 5.76. The van der Waals surface area contributed by atoms with Crippen LogP contribution in [0.4, 0.5) is 5.69 Å². The van der Waals surface area contributed by atoms with Crippen LogP contribution in [0.3, 0.4) is 0 Å². The smallest absolute Gasteiger partial charge is 0.0923 e. The van der Waals surface area contributed by atoms with Gasteiger partial charge < -0.3 is 0 Å². The molecule has 4 heteroatoms. The molecule has 0 saturated carbocycles. The summed E-state index contributed by atoms with van der Waals surface area (Å²) in [5, 5.41) is 9.92. The lowest BCUT2D eigenvalue weighted by atomic mass is 10.0. The van der Waals surface area contributed by atoms with Crippen molar-refractivity contribution in [2.45, 2.75) is 12.5 Å². The van der Waals surface area contributed by atoms with Crippen LogP contribution < -0.4 is 5.01 Å². The zero-order chi connectivity index (χ0) is 15.6. The lowest BCUT2D eigenvalue weighted by Crippen LogP contribution is -2.17. The fraction of sp³-hybridized carbons (Fsp3) is 0.105. The first kappa shape index (κ1) is 14.5. The van der Waals surface area contributed by atoms with E-state index >= 15 is 0 Å². The molecule has 0 spiro atoms. The van der Waals surface area contributed by atoms with Crippen molar-refractivity contribution in [3.63, 3.8) is 0 Å². The second-order valence-corrected chi connectivity index (χ2v) is 6.88. The summed E-state index contributed by atoms with van der Waals surface area (Å²) in [6, 6.07) is 22.8. The Morgan fingerprint density at radius 3 is 2.43 bits per heavy atom. The minimum atomic E-state index is 0.253. The van der Waals surface area contributed by atoms with Gasteiger partial charge in [-0.1, -0.05) is 48.0 Å². The highest BCUT2D eigenvalue weighted by Gasteiger charge is 2.30. The summed E-state index contributed by atoms with van der Waals surface area (Å²) in [6.07, 6.45) is 0.900. The Hall–Kier alpha value is -2.10. The molecule has 0 bridgehead atoms. The lowest BCUT2D eigenvalue weighted by Gasteiger charge is -2.22. The highest BCUT2D eigenvalue weighted by molar-refractivity contribution is 7.10. The molecule has 0 N–H and O–H groups in total. The van der Waals surface area contributed by atoms with E-state index in [2.05, 4.69) is 46.8 Å². The number of benzene rings is 2. The van der Waals surface area contributed by atoms with Crippen LogP contribution in [-0.2, 0) is 0 Å². The average Bonchev–Trinajstić information content (AvgIpc) is 3.26. The summed E-state index contributed by atoms with van der Waals surface area (Å²) in [4.78, 5) is 1.33. The van der Waals surface area contributed by atoms with Crippen LogP contribution in [0.5, 0.6) is 0 Å². The van der Waals surface area contributed by atoms with Gasteiger partial charge in [-0.2, -0.15) is 5.10 Å². The molecule has 1 atom stereocenters. The summed E-state index contributed by atoms with van der Waals surface area (Å²) < 4.78 is 0. The lowest BCUT2D eigenvalue weighted by molar-refractivity contribution is 0.722. The normalized spacial score (nSPS) is 17.3. The maximum atomic E-state index is 6.00. The van der Waals surface area contributed by atoms with E-state index in [1.807, 2.05) is 30.3 Å². The molecule has 1 aliphatic heterocycles. The molecule has 2 aromatic carbocycles. The van der Waals surface area contributed by atoms with Crippen molar-refractivity contribution in [2.75, 3.05) is 5.01 Å². The Bertz CT molecular complexity index is 810. The minimum Gasteiger partial charge on any atom is -0.257 e. The zero-order valence-corrected chi connectivity index (χ0v) is 14.0. The van der Waals surface area contributed by atoms with E-state index in [9.17, 15) is 0 Å². The van der Waals surface area contributed by atoms with Gasteiger partial charge in [-0.05, 0) is 41.3 Å².